The lowest BCUT2D eigenvalue weighted by Crippen LogP contribution is -2.23. The van der Waals surface area contributed by atoms with Gasteiger partial charge in [0.15, 0.2) is 0 Å². The molecule has 3 nitrogen and oxygen atoms in total. The van der Waals surface area contributed by atoms with Crippen molar-refractivity contribution in [3.63, 3.8) is 0 Å². The van der Waals surface area contributed by atoms with Crippen molar-refractivity contribution in [2.24, 2.45) is 0 Å². The highest BCUT2D eigenvalue weighted by Gasteiger charge is 2.24. The van der Waals surface area contributed by atoms with Crippen molar-refractivity contribution in [3.8, 4) is 5.75 Å². The van der Waals surface area contributed by atoms with Crippen LogP contribution < -0.4 is 4.74 Å². The highest BCUT2D eigenvalue weighted by atomic mass is 16.5. The summed E-state index contributed by atoms with van der Waals surface area (Å²) in [5, 5.41) is 0. The molecule has 0 radical (unpaired) electrons. The van der Waals surface area contributed by atoms with Gasteiger partial charge >= 0.3 is 5.97 Å². The summed E-state index contributed by atoms with van der Waals surface area (Å²) in [4.78, 5) is 12.2. The number of ether oxygens (including phenoxy) is 2. The van der Waals surface area contributed by atoms with E-state index >= 15 is 0 Å². The molecule has 0 unspecified atom stereocenters. The average molecular weight is 407 g/mol. The fourth-order valence-corrected chi connectivity index (χ4v) is 4.00. The minimum Gasteiger partial charge on any atom is -0.494 e. The van der Waals surface area contributed by atoms with Gasteiger partial charge in [-0.2, -0.15) is 0 Å². The number of hydrogen-bond donors (Lipinski definition) is 0. The number of hydrogen-bond acceptors (Lipinski definition) is 3. The molecule has 0 bridgehead atoms. The van der Waals surface area contributed by atoms with Gasteiger partial charge in [-0.3, -0.25) is 0 Å². The summed E-state index contributed by atoms with van der Waals surface area (Å²) >= 11 is 0. The molecule has 0 aromatic heterocycles. The van der Waals surface area contributed by atoms with Crippen molar-refractivity contribution < 1.29 is 14.3 Å². The molecule has 30 heavy (non-hydrogen) atoms. The second kappa shape index (κ2) is 12.2. The van der Waals surface area contributed by atoms with Crippen LogP contribution >= 0.6 is 0 Å². The van der Waals surface area contributed by atoms with Crippen molar-refractivity contribution in [2.45, 2.75) is 70.3 Å². The molecule has 160 valence electrons. The minimum absolute atomic E-state index is 0.0330. The molecule has 0 amide bonds. The molecule has 1 aliphatic rings. The van der Waals surface area contributed by atoms with E-state index in [0.29, 0.717) is 5.92 Å². The first-order valence-electron chi connectivity index (χ1n) is 11.4. The maximum atomic E-state index is 12.2. The van der Waals surface area contributed by atoms with Crippen molar-refractivity contribution in [2.75, 3.05) is 6.61 Å². The molecule has 2 aromatic rings. The summed E-state index contributed by atoms with van der Waals surface area (Å²) in [6.07, 6.45) is 12.2. The van der Waals surface area contributed by atoms with Gasteiger partial charge in [-0.15, -0.1) is 0 Å². The Hall–Kier alpha value is -2.55. The average Bonchev–Trinajstić information content (AvgIpc) is 2.79. The van der Waals surface area contributed by atoms with E-state index in [2.05, 4.69) is 37.3 Å². The Bertz CT molecular complexity index is 772. The zero-order valence-electron chi connectivity index (χ0n) is 18.1. The van der Waals surface area contributed by atoms with E-state index in [-0.39, 0.29) is 12.1 Å². The molecule has 0 N–H and O–H groups in total. The van der Waals surface area contributed by atoms with Crippen LogP contribution in [0.1, 0.15) is 75.3 Å². The molecule has 3 rings (SSSR count). The maximum Gasteiger partial charge on any atom is 0.331 e. The SMILES string of the molecule is CCCCCCOc1ccc(/C=C/C(=O)OC2CCC(c3ccccc3)CC2)cc1. The van der Waals surface area contributed by atoms with Crippen LogP contribution in [0.3, 0.4) is 0 Å². The Labute approximate surface area is 181 Å². The summed E-state index contributed by atoms with van der Waals surface area (Å²) in [7, 11) is 0. The lowest BCUT2D eigenvalue weighted by atomic mass is 9.83. The molecule has 0 saturated heterocycles. The van der Waals surface area contributed by atoms with Crippen LogP contribution in [0.2, 0.25) is 0 Å². The normalized spacial score (nSPS) is 19.0. The number of esters is 1. The minimum atomic E-state index is -0.255. The predicted molar refractivity (Wildman–Crippen MR) is 123 cm³/mol. The smallest absolute Gasteiger partial charge is 0.331 e. The summed E-state index contributed by atoms with van der Waals surface area (Å²) in [6.45, 7) is 2.97. The zero-order valence-corrected chi connectivity index (χ0v) is 18.1. The Morgan fingerprint density at radius 1 is 0.933 bits per heavy atom. The number of carbonyl (C=O) groups is 1. The largest absolute Gasteiger partial charge is 0.494 e. The second-order valence-corrected chi connectivity index (χ2v) is 8.13. The van der Waals surface area contributed by atoms with E-state index in [1.165, 1.54) is 30.9 Å². The number of benzene rings is 2. The lowest BCUT2D eigenvalue weighted by molar-refractivity contribution is -0.144. The van der Waals surface area contributed by atoms with E-state index < -0.39 is 0 Å². The monoisotopic (exact) mass is 406 g/mol. The van der Waals surface area contributed by atoms with E-state index in [9.17, 15) is 4.79 Å². The third-order valence-corrected chi connectivity index (χ3v) is 5.79. The molecule has 0 heterocycles. The third-order valence-electron chi connectivity index (χ3n) is 5.79. The van der Waals surface area contributed by atoms with E-state index in [4.69, 9.17) is 9.47 Å². The van der Waals surface area contributed by atoms with Gasteiger partial charge in [0.1, 0.15) is 11.9 Å². The quantitative estimate of drug-likeness (QED) is 0.244. The molecule has 0 aliphatic heterocycles. The van der Waals surface area contributed by atoms with Crippen LogP contribution in [0.25, 0.3) is 6.08 Å². The molecule has 1 fully saturated rings. The molecule has 1 aliphatic carbocycles. The molecule has 3 heteroatoms. The van der Waals surface area contributed by atoms with Crippen LogP contribution in [0.5, 0.6) is 5.75 Å². The van der Waals surface area contributed by atoms with Gasteiger partial charge in [-0.25, -0.2) is 4.79 Å². The second-order valence-electron chi connectivity index (χ2n) is 8.13. The summed E-state index contributed by atoms with van der Waals surface area (Å²) in [5.74, 6) is 1.21. The van der Waals surface area contributed by atoms with Crippen LogP contribution in [0.4, 0.5) is 0 Å². The van der Waals surface area contributed by atoms with Crippen LogP contribution in [-0.2, 0) is 9.53 Å². The number of unbranched alkanes of at least 4 members (excludes halogenated alkanes) is 3. The van der Waals surface area contributed by atoms with Gasteiger partial charge in [-0.1, -0.05) is 68.7 Å². The fraction of sp³-hybridized carbons (Fsp3) is 0.444. The summed E-state index contributed by atoms with van der Waals surface area (Å²) in [5.41, 5.74) is 2.37. The Morgan fingerprint density at radius 2 is 1.67 bits per heavy atom. The van der Waals surface area contributed by atoms with Gasteiger partial charge in [0, 0.05) is 6.08 Å². The number of rotatable bonds is 10. The van der Waals surface area contributed by atoms with Gasteiger partial charge in [0.25, 0.3) is 0 Å². The van der Waals surface area contributed by atoms with Crippen molar-refractivity contribution >= 4 is 12.0 Å². The molecule has 0 spiro atoms. The van der Waals surface area contributed by atoms with Gasteiger partial charge in [-0.05, 0) is 67.4 Å². The topological polar surface area (TPSA) is 35.5 Å². The van der Waals surface area contributed by atoms with Gasteiger partial charge in [0.05, 0.1) is 6.61 Å². The molecule has 0 atom stereocenters. The molecule has 1 saturated carbocycles. The standard InChI is InChI=1S/C27H34O3/c1-2-3-4-8-21-29-25-16-11-22(12-17-25)13-20-27(28)30-26-18-14-24(15-19-26)23-9-6-5-7-10-23/h5-7,9-13,16-17,20,24,26H,2-4,8,14-15,18-19,21H2,1H3/b20-13+. The fourth-order valence-electron chi connectivity index (χ4n) is 4.00. The Balaban J connectivity index is 1.37. The van der Waals surface area contributed by atoms with Crippen LogP contribution in [0, 0.1) is 0 Å². The van der Waals surface area contributed by atoms with Crippen molar-refractivity contribution in [3.05, 3.63) is 71.8 Å². The van der Waals surface area contributed by atoms with E-state index in [0.717, 1.165) is 50.0 Å². The first-order valence-corrected chi connectivity index (χ1v) is 11.4. The number of carbonyl (C=O) groups excluding carboxylic acids is 1. The van der Waals surface area contributed by atoms with E-state index in [1.807, 2.05) is 30.3 Å². The van der Waals surface area contributed by atoms with Gasteiger partial charge in [0.2, 0.25) is 0 Å². The Morgan fingerprint density at radius 3 is 2.37 bits per heavy atom. The first kappa shape index (κ1) is 22.1. The lowest BCUT2D eigenvalue weighted by Gasteiger charge is -2.28. The first-order chi connectivity index (χ1) is 14.7. The summed E-state index contributed by atoms with van der Waals surface area (Å²) in [6, 6.07) is 18.5. The summed E-state index contributed by atoms with van der Waals surface area (Å²) < 4.78 is 11.4. The molecular formula is C27H34O3. The predicted octanol–water partition coefficient (Wildman–Crippen LogP) is 6.93. The van der Waals surface area contributed by atoms with Crippen LogP contribution in [-0.4, -0.2) is 18.7 Å². The third kappa shape index (κ3) is 7.37. The maximum absolute atomic E-state index is 12.2. The zero-order chi connectivity index (χ0) is 21.0. The van der Waals surface area contributed by atoms with Crippen molar-refractivity contribution in [1.82, 2.24) is 0 Å². The van der Waals surface area contributed by atoms with E-state index in [1.54, 1.807) is 0 Å². The van der Waals surface area contributed by atoms with Gasteiger partial charge < -0.3 is 9.47 Å². The van der Waals surface area contributed by atoms with Crippen LogP contribution in [0.15, 0.2) is 60.7 Å². The van der Waals surface area contributed by atoms with Crippen molar-refractivity contribution in [1.29, 1.82) is 0 Å². The highest BCUT2D eigenvalue weighted by Crippen LogP contribution is 2.33. The highest BCUT2D eigenvalue weighted by molar-refractivity contribution is 5.87. The Kier molecular flexibility index (Phi) is 9.02. The molecule has 2 aromatic carbocycles. The molecular weight excluding hydrogens is 372 g/mol.